The van der Waals surface area contributed by atoms with Gasteiger partial charge < -0.3 is 43.2 Å². The van der Waals surface area contributed by atoms with Gasteiger partial charge in [-0.3, -0.25) is 24.0 Å². The Morgan fingerprint density at radius 2 is 1.41 bits per heavy atom. The molecule has 0 spiro atoms. The van der Waals surface area contributed by atoms with E-state index in [0.717, 1.165) is 13.0 Å². The van der Waals surface area contributed by atoms with E-state index in [-0.39, 0.29) is 24.3 Å². The van der Waals surface area contributed by atoms with Crippen molar-refractivity contribution in [1.82, 2.24) is 26.6 Å². The molecule has 1 aliphatic rings. The Morgan fingerprint density at radius 3 is 1.87 bits per heavy atom. The predicted octanol–water partition coefficient (Wildman–Crippen LogP) is -1.92. The van der Waals surface area contributed by atoms with Crippen LogP contribution in [0, 0.1) is 11.8 Å². The van der Waals surface area contributed by atoms with Gasteiger partial charge in [-0.25, -0.2) is 4.79 Å². The lowest BCUT2D eigenvalue weighted by Crippen LogP contribution is -2.60. The zero-order chi connectivity index (χ0) is 29.7. The van der Waals surface area contributed by atoms with Crippen molar-refractivity contribution in [3.05, 3.63) is 0 Å². The van der Waals surface area contributed by atoms with E-state index in [9.17, 15) is 33.9 Å². The fourth-order valence-electron chi connectivity index (χ4n) is 4.17. The van der Waals surface area contributed by atoms with Crippen LogP contribution in [0.3, 0.4) is 0 Å². The topological polar surface area (TPSA) is 235 Å². The van der Waals surface area contributed by atoms with E-state index >= 15 is 0 Å². The van der Waals surface area contributed by atoms with Crippen molar-refractivity contribution in [1.29, 1.82) is 0 Å². The molecule has 5 atom stereocenters. The molecule has 1 saturated heterocycles. The van der Waals surface area contributed by atoms with E-state index in [2.05, 4.69) is 26.6 Å². The number of unbranched alkanes of at least 4 members (excludes halogenated alkanes) is 1. The molecule has 0 aromatic rings. The lowest BCUT2D eigenvalue weighted by molar-refractivity contribution is -0.144. The first-order chi connectivity index (χ1) is 18.3. The molecule has 222 valence electrons. The van der Waals surface area contributed by atoms with Crippen LogP contribution in [0.1, 0.15) is 66.2 Å². The minimum absolute atomic E-state index is 0.226. The Balaban J connectivity index is 3.02. The minimum Gasteiger partial charge on any atom is -0.480 e. The molecule has 0 aromatic heterocycles. The molecule has 0 aliphatic carbocycles. The average molecular weight is 556 g/mol. The molecule has 0 bridgehead atoms. The Bertz CT molecular complexity index is 875. The Kier molecular flexibility index (Phi) is 14.4. The van der Waals surface area contributed by atoms with Crippen LogP contribution in [-0.2, 0) is 28.8 Å². The summed E-state index contributed by atoms with van der Waals surface area (Å²) < 4.78 is 0. The molecular formula is C25H45N7O7. The number of nitrogens with two attached hydrogens (primary N) is 2. The monoisotopic (exact) mass is 555 g/mol. The van der Waals surface area contributed by atoms with Crippen LogP contribution in [-0.4, -0.2) is 83.9 Å². The molecule has 5 unspecified atom stereocenters. The Labute approximate surface area is 229 Å². The van der Waals surface area contributed by atoms with E-state index in [1.807, 2.05) is 0 Å². The van der Waals surface area contributed by atoms with Gasteiger partial charge in [0.05, 0.1) is 12.5 Å². The fourth-order valence-corrected chi connectivity index (χ4v) is 4.17. The van der Waals surface area contributed by atoms with E-state index in [1.54, 1.807) is 27.7 Å². The zero-order valence-electron chi connectivity index (χ0n) is 23.2. The van der Waals surface area contributed by atoms with Crippen LogP contribution in [0.5, 0.6) is 0 Å². The maximum Gasteiger partial charge on any atom is 0.326 e. The summed E-state index contributed by atoms with van der Waals surface area (Å²) in [5, 5.41) is 22.7. The molecule has 1 heterocycles. The van der Waals surface area contributed by atoms with Gasteiger partial charge >= 0.3 is 5.97 Å². The maximum atomic E-state index is 13.3. The summed E-state index contributed by atoms with van der Waals surface area (Å²) in [5.74, 6) is -5.37. The number of carbonyl (C=O) groups is 6. The molecule has 14 nitrogen and oxygen atoms in total. The van der Waals surface area contributed by atoms with Gasteiger partial charge in [-0.2, -0.15) is 0 Å². The summed E-state index contributed by atoms with van der Waals surface area (Å²) >= 11 is 0. The van der Waals surface area contributed by atoms with Crippen LogP contribution < -0.4 is 38.1 Å². The third-order valence-corrected chi connectivity index (χ3v) is 6.47. The number of amides is 5. The number of carboxylic acids is 1. The van der Waals surface area contributed by atoms with Gasteiger partial charge in [0.25, 0.3) is 0 Å². The second-order valence-electron chi connectivity index (χ2n) is 10.5. The molecule has 39 heavy (non-hydrogen) atoms. The van der Waals surface area contributed by atoms with Gasteiger partial charge in [-0.1, -0.05) is 27.7 Å². The zero-order valence-corrected chi connectivity index (χ0v) is 23.2. The largest absolute Gasteiger partial charge is 0.480 e. The van der Waals surface area contributed by atoms with E-state index in [1.165, 1.54) is 0 Å². The molecule has 1 fully saturated rings. The second kappa shape index (κ2) is 16.6. The number of carboxylic acid groups (broad SMARTS) is 1. The lowest BCUT2D eigenvalue weighted by atomic mass is 9.99. The summed E-state index contributed by atoms with van der Waals surface area (Å²) in [6, 6.07) is -5.02. The van der Waals surface area contributed by atoms with Crippen LogP contribution >= 0.6 is 0 Å². The summed E-state index contributed by atoms with van der Waals surface area (Å²) in [6.07, 6.45) is 2.25. The van der Waals surface area contributed by atoms with E-state index in [4.69, 9.17) is 11.5 Å². The van der Waals surface area contributed by atoms with Crippen molar-refractivity contribution in [2.45, 2.75) is 96.4 Å². The average Bonchev–Trinajstić information content (AvgIpc) is 3.39. The number of primary amides is 1. The highest BCUT2D eigenvalue weighted by Crippen LogP contribution is 2.11. The molecule has 5 amide bonds. The van der Waals surface area contributed by atoms with Crippen LogP contribution in [0.4, 0.5) is 0 Å². The van der Waals surface area contributed by atoms with Crippen LogP contribution in [0.2, 0.25) is 0 Å². The first kappa shape index (κ1) is 33.8. The molecule has 14 heteroatoms. The highest BCUT2D eigenvalue weighted by molar-refractivity contribution is 5.96. The highest BCUT2D eigenvalue weighted by atomic mass is 16.4. The van der Waals surface area contributed by atoms with Crippen molar-refractivity contribution in [2.75, 3.05) is 13.1 Å². The molecule has 1 aliphatic heterocycles. The van der Waals surface area contributed by atoms with Crippen molar-refractivity contribution in [2.24, 2.45) is 23.3 Å². The Hall–Kier alpha value is -3.26. The van der Waals surface area contributed by atoms with Crippen molar-refractivity contribution in [3.8, 4) is 0 Å². The number of nitrogens with one attached hydrogen (secondary N) is 5. The van der Waals surface area contributed by atoms with Crippen molar-refractivity contribution < 1.29 is 33.9 Å². The molecule has 0 aromatic carbocycles. The van der Waals surface area contributed by atoms with E-state index < -0.39 is 66.1 Å². The van der Waals surface area contributed by atoms with Gasteiger partial charge in [-0.15, -0.1) is 0 Å². The highest BCUT2D eigenvalue weighted by Gasteiger charge is 2.34. The number of carbonyl (C=O) groups excluding carboxylic acids is 5. The minimum atomic E-state index is -1.56. The van der Waals surface area contributed by atoms with Gasteiger partial charge in [0.2, 0.25) is 29.5 Å². The molecule has 0 radical (unpaired) electrons. The summed E-state index contributed by atoms with van der Waals surface area (Å²) in [6.45, 7) is 7.96. The van der Waals surface area contributed by atoms with Crippen LogP contribution in [0.15, 0.2) is 0 Å². The van der Waals surface area contributed by atoms with E-state index in [0.29, 0.717) is 25.8 Å². The Morgan fingerprint density at radius 1 is 0.846 bits per heavy atom. The first-order valence-corrected chi connectivity index (χ1v) is 13.4. The maximum absolute atomic E-state index is 13.3. The molecule has 0 saturated carbocycles. The number of hydrogen-bond acceptors (Lipinski definition) is 8. The summed E-state index contributed by atoms with van der Waals surface area (Å²) in [7, 11) is 0. The van der Waals surface area contributed by atoms with Gasteiger partial charge in [-0.05, 0) is 57.0 Å². The number of rotatable bonds is 17. The van der Waals surface area contributed by atoms with Crippen molar-refractivity contribution in [3.63, 3.8) is 0 Å². The summed E-state index contributed by atoms with van der Waals surface area (Å²) in [5.41, 5.74) is 10.7. The van der Waals surface area contributed by atoms with Gasteiger partial charge in [0.15, 0.2) is 0 Å². The van der Waals surface area contributed by atoms with Gasteiger partial charge in [0, 0.05) is 0 Å². The van der Waals surface area contributed by atoms with Crippen LogP contribution in [0.25, 0.3) is 0 Å². The molecular weight excluding hydrogens is 510 g/mol. The quantitative estimate of drug-likeness (QED) is 0.0932. The number of hydrogen-bond donors (Lipinski definition) is 8. The predicted molar refractivity (Wildman–Crippen MR) is 143 cm³/mol. The molecule has 1 rings (SSSR count). The third-order valence-electron chi connectivity index (χ3n) is 6.47. The first-order valence-electron chi connectivity index (χ1n) is 13.4. The SMILES string of the molecule is CC(C)C(NC(=O)C(CCCCN)NC(=O)C(NC(=O)C1CCCN1)C(C)C)C(=O)NC(CC(N)=O)C(=O)O. The fraction of sp³-hybridized carbons (Fsp3) is 0.760. The second-order valence-corrected chi connectivity index (χ2v) is 10.5. The smallest absolute Gasteiger partial charge is 0.326 e. The standard InChI is InChI=1S/C25H45N7O7/c1-13(2)19(31-21(34)15-9-7-11-28-15)23(36)29-16(8-5-6-10-26)22(35)32-20(14(3)4)24(37)30-17(25(38)39)12-18(27)33/h13-17,19-20,28H,5-12,26H2,1-4H3,(H2,27,33)(H,29,36)(H,30,37)(H,31,34)(H,32,35)(H,38,39). The summed E-state index contributed by atoms with van der Waals surface area (Å²) in [4.78, 5) is 74.6. The van der Waals surface area contributed by atoms with Gasteiger partial charge in [0.1, 0.15) is 24.2 Å². The third kappa shape index (κ3) is 11.6. The lowest BCUT2D eigenvalue weighted by Gasteiger charge is -2.28. The molecule has 10 N–H and O–H groups in total. The number of aliphatic carboxylic acids is 1. The normalized spacial score (nSPS) is 18.1. The van der Waals surface area contributed by atoms with Crippen molar-refractivity contribution >= 4 is 35.5 Å².